The number of hydrogen-bond acceptors (Lipinski definition) is 3. The van der Waals surface area contributed by atoms with Crippen LogP contribution in [0.5, 0.6) is 5.75 Å². The molecule has 1 rings (SSSR count). The van der Waals surface area contributed by atoms with E-state index in [0.29, 0.717) is 6.54 Å². The second-order valence-electron chi connectivity index (χ2n) is 4.29. The Hall–Kier alpha value is -1.55. The van der Waals surface area contributed by atoms with Gasteiger partial charge in [0.15, 0.2) is 0 Å². The lowest BCUT2D eigenvalue weighted by Crippen LogP contribution is -2.41. The Balaban J connectivity index is 2.34. The number of carbonyl (C=O) groups is 1. The Bertz CT molecular complexity index is 380. The highest BCUT2D eigenvalue weighted by atomic mass is 16.5. The maximum Gasteiger partial charge on any atom is 0.236 e. The van der Waals surface area contributed by atoms with E-state index in [9.17, 15) is 4.79 Å². The second kappa shape index (κ2) is 7.71. The summed E-state index contributed by atoms with van der Waals surface area (Å²) in [6, 6.07) is 7.44. The van der Waals surface area contributed by atoms with Crippen LogP contribution in [0.25, 0.3) is 0 Å². The van der Waals surface area contributed by atoms with E-state index >= 15 is 0 Å². The van der Waals surface area contributed by atoms with Crippen molar-refractivity contribution in [3.8, 4) is 5.75 Å². The van der Waals surface area contributed by atoms with Gasteiger partial charge < -0.3 is 15.8 Å². The molecule has 0 saturated carbocycles. The molecule has 3 N–H and O–H groups in total. The van der Waals surface area contributed by atoms with Crippen LogP contribution in [-0.4, -0.2) is 25.6 Å². The summed E-state index contributed by atoms with van der Waals surface area (Å²) < 4.78 is 5.15. The maximum absolute atomic E-state index is 11.6. The highest BCUT2D eigenvalue weighted by Gasteiger charge is 2.10. The minimum absolute atomic E-state index is 0.0697. The first-order valence-electron chi connectivity index (χ1n) is 6.33. The topological polar surface area (TPSA) is 64.4 Å². The smallest absolute Gasteiger partial charge is 0.236 e. The summed E-state index contributed by atoms with van der Waals surface area (Å²) in [4.78, 5) is 11.6. The lowest BCUT2D eigenvalue weighted by molar-refractivity contribution is -0.122. The van der Waals surface area contributed by atoms with Gasteiger partial charge in [-0.25, -0.2) is 0 Å². The number of carbonyl (C=O) groups excluding carboxylic acids is 1. The summed E-state index contributed by atoms with van der Waals surface area (Å²) in [7, 11) is 1.64. The number of hydrogen-bond donors (Lipinski definition) is 2. The fourth-order valence-electron chi connectivity index (χ4n) is 1.73. The van der Waals surface area contributed by atoms with Gasteiger partial charge in [0, 0.05) is 6.54 Å². The molecule has 0 aliphatic heterocycles. The number of benzene rings is 1. The van der Waals surface area contributed by atoms with Gasteiger partial charge >= 0.3 is 0 Å². The lowest BCUT2D eigenvalue weighted by Gasteiger charge is -2.11. The SMILES string of the molecule is CCCC(N)C(=O)NCCc1cccc(OC)c1. The summed E-state index contributed by atoms with van der Waals surface area (Å²) in [6.45, 7) is 2.62. The van der Waals surface area contributed by atoms with Gasteiger partial charge in [-0.3, -0.25) is 4.79 Å². The van der Waals surface area contributed by atoms with E-state index in [4.69, 9.17) is 10.5 Å². The fourth-order valence-corrected chi connectivity index (χ4v) is 1.73. The van der Waals surface area contributed by atoms with Crippen molar-refractivity contribution in [2.24, 2.45) is 5.73 Å². The van der Waals surface area contributed by atoms with Gasteiger partial charge in [0.25, 0.3) is 0 Å². The van der Waals surface area contributed by atoms with Gasteiger partial charge in [0.05, 0.1) is 13.2 Å². The van der Waals surface area contributed by atoms with Crippen LogP contribution in [0.2, 0.25) is 0 Å². The molecule has 1 aromatic carbocycles. The first-order chi connectivity index (χ1) is 8.67. The Morgan fingerprint density at radius 2 is 2.28 bits per heavy atom. The highest BCUT2D eigenvalue weighted by molar-refractivity contribution is 5.81. The van der Waals surface area contributed by atoms with E-state index < -0.39 is 0 Å². The number of nitrogens with one attached hydrogen (secondary N) is 1. The van der Waals surface area contributed by atoms with Gasteiger partial charge in [0.2, 0.25) is 5.91 Å². The van der Waals surface area contributed by atoms with Crippen LogP contribution >= 0.6 is 0 Å². The van der Waals surface area contributed by atoms with Gasteiger partial charge in [-0.1, -0.05) is 25.5 Å². The Morgan fingerprint density at radius 1 is 1.50 bits per heavy atom. The molecule has 1 amide bonds. The molecule has 0 aromatic heterocycles. The zero-order valence-electron chi connectivity index (χ0n) is 11.1. The van der Waals surface area contributed by atoms with E-state index in [0.717, 1.165) is 30.6 Å². The number of amides is 1. The molecule has 1 atom stereocenters. The zero-order valence-corrected chi connectivity index (χ0v) is 11.1. The van der Waals surface area contributed by atoms with Crippen LogP contribution in [0.15, 0.2) is 24.3 Å². The minimum atomic E-state index is -0.389. The third kappa shape index (κ3) is 4.75. The predicted octanol–water partition coefficient (Wildman–Crippen LogP) is 1.48. The van der Waals surface area contributed by atoms with Crippen molar-refractivity contribution in [1.82, 2.24) is 5.32 Å². The van der Waals surface area contributed by atoms with Crippen LogP contribution < -0.4 is 15.8 Å². The van der Waals surface area contributed by atoms with Crippen molar-refractivity contribution in [1.29, 1.82) is 0 Å². The van der Waals surface area contributed by atoms with Crippen LogP contribution in [0.1, 0.15) is 25.3 Å². The minimum Gasteiger partial charge on any atom is -0.497 e. The van der Waals surface area contributed by atoms with Crippen molar-refractivity contribution < 1.29 is 9.53 Å². The average Bonchev–Trinajstić information content (AvgIpc) is 2.39. The van der Waals surface area contributed by atoms with E-state index in [1.54, 1.807) is 7.11 Å². The van der Waals surface area contributed by atoms with Gasteiger partial charge in [-0.05, 0) is 30.5 Å². The van der Waals surface area contributed by atoms with Crippen molar-refractivity contribution >= 4 is 5.91 Å². The Kier molecular flexibility index (Phi) is 6.22. The van der Waals surface area contributed by atoms with Crippen LogP contribution in [0, 0.1) is 0 Å². The van der Waals surface area contributed by atoms with Crippen molar-refractivity contribution in [2.75, 3.05) is 13.7 Å². The molecule has 0 radical (unpaired) electrons. The average molecular weight is 250 g/mol. The molecule has 1 unspecified atom stereocenters. The summed E-state index contributed by atoms with van der Waals surface area (Å²) >= 11 is 0. The van der Waals surface area contributed by atoms with E-state index in [1.165, 1.54) is 0 Å². The largest absolute Gasteiger partial charge is 0.497 e. The van der Waals surface area contributed by atoms with Crippen molar-refractivity contribution in [3.05, 3.63) is 29.8 Å². The quantitative estimate of drug-likeness (QED) is 0.770. The van der Waals surface area contributed by atoms with Gasteiger partial charge in [-0.15, -0.1) is 0 Å². The molecule has 0 heterocycles. The normalized spacial score (nSPS) is 11.9. The summed E-state index contributed by atoms with van der Waals surface area (Å²) in [5.41, 5.74) is 6.86. The summed E-state index contributed by atoms with van der Waals surface area (Å²) in [5, 5.41) is 2.85. The predicted molar refractivity (Wildman–Crippen MR) is 72.6 cm³/mol. The molecule has 0 spiro atoms. The molecule has 4 nitrogen and oxygen atoms in total. The monoisotopic (exact) mass is 250 g/mol. The molecular weight excluding hydrogens is 228 g/mol. The molecular formula is C14H22N2O2. The molecule has 0 saturated heterocycles. The Labute approximate surface area is 109 Å². The molecule has 1 aromatic rings. The molecule has 0 bridgehead atoms. The highest BCUT2D eigenvalue weighted by Crippen LogP contribution is 2.12. The first-order valence-corrected chi connectivity index (χ1v) is 6.33. The van der Waals surface area contributed by atoms with E-state index in [-0.39, 0.29) is 11.9 Å². The number of nitrogens with two attached hydrogens (primary N) is 1. The fraction of sp³-hybridized carbons (Fsp3) is 0.500. The van der Waals surface area contributed by atoms with E-state index in [1.807, 2.05) is 31.2 Å². The standard InChI is InChI=1S/C14H22N2O2/c1-3-5-13(15)14(17)16-9-8-11-6-4-7-12(10-11)18-2/h4,6-7,10,13H,3,5,8-9,15H2,1-2H3,(H,16,17). The molecule has 0 aliphatic carbocycles. The van der Waals surface area contributed by atoms with Crippen LogP contribution in [0.3, 0.4) is 0 Å². The molecule has 4 heteroatoms. The lowest BCUT2D eigenvalue weighted by atomic mass is 10.1. The number of methoxy groups -OCH3 is 1. The zero-order chi connectivity index (χ0) is 13.4. The molecule has 18 heavy (non-hydrogen) atoms. The van der Waals surface area contributed by atoms with Crippen molar-refractivity contribution in [3.63, 3.8) is 0 Å². The number of ether oxygens (including phenoxy) is 1. The summed E-state index contributed by atoms with van der Waals surface area (Å²) in [6.07, 6.45) is 2.43. The third-order valence-electron chi connectivity index (χ3n) is 2.78. The van der Waals surface area contributed by atoms with Crippen LogP contribution in [-0.2, 0) is 11.2 Å². The first kappa shape index (κ1) is 14.5. The molecule has 100 valence electrons. The van der Waals surface area contributed by atoms with Crippen molar-refractivity contribution in [2.45, 2.75) is 32.2 Å². The van der Waals surface area contributed by atoms with Crippen LogP contribution in [0.4, 0.5) is 0 Å². The Morgan fingerprint density at radius 3 is 2.94 bits per heavy atom. The van der Waals surface area contributed by atoms with E-state index in [2.05, 4.69) is 5.32 Å². The maximum atomic E-state index is 11.6. The number of rotatable bonds is 7. The second-order valence-corrected chi connectivity index (χ2v) is 4.29. The molecule has 0 fully saturated rings. The van der Waals surface area contributed by atoms with Gasteiger partial charge in [0.1, 0.15) is 5.75 Å². The molecule has 0 aliphatic rings. The third-order valence-corrected chi connectivity index (χ3v) is 2.78. The van der Waals surface area contributed by atoms with Gasteiger partial charge in [-0.2, -0.15) is 0 Å². The summed E-state index contributed by atoms with van der Waals surface area (Å²) in [5.74, 6) is 0.765.